The highest BCUT2D eigenvalue weighted by molar-refractivity contribution is 6.21. The van der Waals surface area contributed by atoms with Crippen molar-refractivity contribution in [3.05, 3.63) is 199 Å². The Balaban J connectivity index is 1.10. The van der Waals surface area contributed by atoms with Crippen molar-refractivity contribution >= 4 is 43.4 Å². The van der Waals surface area contributed by atoms with Crippen LogP contribution in [0.3, 0.4) is 0 Å². The Hall–Kier alpha value is -6.70. The van der Waals surface area contributed by atoms with Gasteiger partial charge in [0.25, 0.3) is 0 Å². The first-order valence-corrected chi connectivity index (χ1v) is 18.8. The molecule has 54 heavy (non-hydrogen) atoms. The Bertz CT molecular complexity index is 2970. The fourth-order valence-corrected chi connectivity index (χ4v) is 9.05. The third-order valence-electron chi connectivity index (χ3n) is 11.2. The van der Waals surface area contributed by atoms with Crippen molar-refractivity contribution in [1.82, 2.24) is 4.57 Å². The molecule has 0 unspecified atom stereocenters. The smallest absolute Gasteiger partial charge is 0.0541 e. The van der Waals surface area contributed by atoms with Crippen molar-refractivity contribution < 1.29 is 0 Å². The standard InChI is InChI=1S/C53H39N/c1-34-30-35(2)51(36(3)31-34)41-17-13-16-39(32-41)40-26-29-50-48(33-40)43-18-11-12-23-49(43)54(50)42-27-24-38(25-28-42)53-46-21-9-7-19-44(46)52(37-14-5-4-6-15-37)45-20-8-10-22-47(45)53/h4-33H,1-3H3. The Morgan fingerprint density at radius 1 is 0.296 bits per heavy atom. The van der Waals surface area contributed by atoms with Crippen LogP contribution in [-0.4, -0.2) is 4.57 Å². The fourth-order valence-electron chi connectivity index (χ4n) is 9.05. The molecule has 0 aliphatic heterocycles. The monoisotopic (exact) mass is 689 g/mol. The lowest BCUT2D eigenvalue weighted by molar-refractivity contribution is 1.18. The molecule has 9 aromatic carbocycles. The van der Waals surface area contributed by atoms with Gasteiger partial charge in [-0.2, -0.15) is 0 Å². The highest BCUT2D eigenvalue weighted by atomic mass is 15.0. The molecule has 0 aliphatic rings. The van der Waals surface area contributed by atoms with Crippen LogP contribution in [0.4, 0.5) is 0 Å². The average molecular weight is 690 g/mol. The molecule has 0 fully saturated rings. The van der Waals surface area contributed by atoms with E-state index in [-0.39, 0.29) is 0 Å². The minimum Gasteiger partial charge on any atom is -0.309 e. The lowest BCUT2D eigenvalue weighted by Crippen LogP contribution is -1.95. The lowest BCUT2D eigenvalue weighted by atomic mass is 9.86. The van der Waals surface area contributed by atoms with Crippen LogP contribution in [0, 0.1) is 20.8 Å². The molecule has 0 N–H and O–H groups in total. The van der Waals surface area contributed by atoms with Crippen LogP contribution in [0.25, 0.3) is 93.5 Å². The van der Waals surface area contributed by atoms with Gasteiger partial charge in [0, 0.05) is 16.5 Å². The number of hydrogen-bond donors (Lipinski definition) is 0. The maximum absolute atomic E-state index is 2.42. The minimum atomic E-state index is 1.15. The molecular weight excluding hydrogens is 651 g/mol. The van der Waals surface area contributed by atoms with E-state index in [0.29, 0.717) is 0 Å². The topological polar surface area (TPSA) is 4.93 Å². The molecule has 0 saturated carbocycles. The highest BCUT2D eigenvalue weighted by Gasteiger charge is 2.18. The SMILES string of the molecule is Cc1cc(C)c(-c2cccc(-c3ccc4c(c3)c3ccccc3n4-c3ccc(-c4c5ccccc5c(-c5ccccc5)c5ccccc45)cc3)c2)c(C)c1. The summed E-state index contributed by atoms with van der Waals surface area (Å²) >= 11 is 0. The summed E-state index contributed by atoms with van der Waals surface area (Å²) in [5.74, 6) is 0. The summed E-state index contributed by atoms with van der Waals surface area (Å²) in [6.45, 7) is 6.62. The second kappa shape index (κ2) is 12.8. The summed E-state index contributed by atoms with van der Waals surface area (Å²) in [7, 11) is 0. The van der Waals surface area contributed by atoms with Crippen LogP contribution < -0.4 is 0 Å². The Morgan fingerprint density at radius 2 is 0.759 bits per heavy atom. The Morgan fingerprint density at radius 3 is 1.39 bits per heavy atom. The first kappa shape index (κ1) is 32.0. The van der Waals surface area contributed by atoms with Gasteiger partial charge < -0.3 is 4.57 Å². The summed E-state index contributed by atoms with van der Waals surface area (Å²) in [6.07, 6.45) is 0. The van der Waals surface area contributed by atoms with Crippen LogP contribution >= 0.6 is 0 Å². The maximum Gasteiger partial charge on any atom is 0.0541 e. The largest absolute Gasteiger partial charge is 0.309 e. The summed E-state index contributed by atoms with van der Waals surface area (Å²) in [6, 6.07) is 67.1. The molecule has 0 aliphatic carbocycles. The van der Waals surface area contributed by atoms with Crippen LogP contribution in [0.2, 0.25) is 0 Å². The number of benzene rings is 9. The van der Waals surface area contributed by atoms with Crippen LogP contribution in [0.5, 0.6) is 0 Å². The normalized spacial score (nSPS) is 11.6. The zero-order valence-corrected chi connectivity index (χ0v) is 30.8. The van der Waals surface area contributed by atoms with Gasteiger partial charge in [-0.1, -0.05) is 151 Å². The van der Waals surface area contributed by atoms with E-state index in [2.05, 4.69) is 207 Å². The van der Waals surface area contributed by atoms with Crippen molar-refractivity contribution in [1.29, 1.82) is 0 Å². The number of rotatable bonds is 5. The average Bonchev–Trinajstić information content (AvgIpc) is 3.54. The third kappa shape index (κ3) is 5.16. The first-order chi connectivity index (χ1) is 26.5. The van der Waals surface area contributed by atoms with E-state index in [1.165, 1.54) is 105 Å². The molecular formula is C53H39N. The molecule has 0 amide bonds. The number of fused-ring (bicyclic) bond motifs is 5. The number of para-hydroxylation sites is 1. The van der Waals surface area contributed by atoms with Crippen LogP contribution in [0.1, 0.15) is 16.7 Å². The highest BCUT2D eigenvalue weighted by Crippen LogP contribution is 2.44. The predicted octanol–water partition coefficient (Wildman–Crippen LogP) is 14.7. The summed E-state index contributed by atoms with van der Waals surface area (Å²) in [5, 5.41) is 7.60. The van der Waals surface area contributed by atoms with Gasteiger partial charge in [0.2, 0.25) is 0 Å². The van der Waals surface area contributed by atoms with Crippen molar-refractivity contribution in [2.24, 2.45) is 0 Å². The van der Waals surface area contributed by atoms with Crippen molar-refractivity contribution in [2.45, 2.75) is 20.8 Å². The van der Waals surface area contributed by atoms with E-state index >= 15 is 0 Å². The summed E-state index contributed by atoms with van der Waals surface area (Å²) < 4.78 is 2.42. The lowest BCUT2D eigenvalue weighted by Gasteiger charge is -2.18. The number of aryl methyl sites for hydroxylation is 3. The van der Waals surface area contributed by atoms with Crippen LogP contribution in [-0.2, 0) is 0 Å². The Kier molecular flexibility index (Phi) is 7.56. The molecule has 0 spiro atoms. The molecule has 0 radical (unpaired) electrons. The van der Waals surface area contributed by atoms with E-state index in [4.69, 9.17) is 0 Å². The molecule has 1 heterocycles. The van der Waals surface area contributed by atoms with E-state index in [9.17, 15) is 0 Å². The molecule has 1 aromatic heterocycles. The zero-order chi connectivity index (χ0) is 36.3. The Labute approximate surface area is 316 Å². The van der Waals surface area contributed by atoms with Gasteiger partial charge in [-0.05, 0) is 134 Å². The molecule has 256 valence electrons. The molecule has 0 saturated heterocycles. The van der Waals surface area contributed by atoms with Gasteiger partial charge in [0.1, 0.15) is 0 Å². The first-order valence-electron chi connectivity index (χ1n) is 18.8. The predicted molar refractivity (Wildman–Crippen MR) is 232 cm³/mol. The van der Waals surface area contributed by atoms with Crippen molar-refractivity contribution in [3.63, 3.8) is 0 Å². The third-order valence-corrected chi connectivity index (χ3v) is 11.2. The van der Waals surface area contributed by atoms with Crippen molar-refractivity contribution in [3.8, 4) is 50.2 Å². The summed E-state index contributed by atoms with van der Waals surface area (Å²) in [5.41, 5.74) is 17.6. The van der Waals surface area contributed by atoms with E-state index < -0.39 is 0 Å². The van der Waals surface area contributed by atoms with E-state index in [1.54, 1.807) is 0 Å². The minimum absolute atomic E-state index is 1.15. The van der Waals surface area contributed by atoms with Gasteiger partial charge in [-0.25, -0.2) is 0 Å². The van der Waals surface area contributed by atoms with Crippen molar-refractivity contribution in [2.75, 3.05) is 0 Å². The summed E-state index contributed by atoms with van der Waals surface area (Å²) in [4.78, 5) is 0. The van der Waals surface area contributed by atoms with Gasteiger partial charge in [0.05, 0.1) is 11.0 Å². The van der Waals surface area contributed by atoms with Gasteiger partial charge in [-0.3, -0.25) is 0 Å². The molecule has 1 heteroatoms. The molecule has 10 rings (SSSR count). The quantitative estimate of drug-likeness (QED) is 0.159. The fraction of sp³-hybridized carbons (Fsp3) is 0.0566. The van der Waals surface area contributed by atoms with Gasteiger partial charge in [0.15, 0.2) is 0 Å². The number of aromatic nitrogens is 1. The number of hydrogen-bond acceptors (Lipinski definition) is 0. The number of nitrogens with zero attached hydrogens (tertiary/aromatic N) is 1. The molecule has 1 nitrogen and oxygen atoms in total. The second-order valence-corrected chi connectivity index (χ2v) is 14.7. The van der Waals surface area contributed by atoms with E-state index in [1.807, 2.05) is 0 Å². The molecule has 0 bridgehead atoms. The van der Waals surface area contributed by atoms with Crippen LogP contribution in [0.15, 0.2) is 182 Å². The maximum atomic E-state index is 2.42. The molecule has 0 atom stereocenters. The zero-order valence-electron chi connectivity index (χ0n) is 30.8. The van der Waals surface area contributed by atoms with E-state index in [0.717, 1.165) is 5.69 Å². The van der Waals surface area contributed by atoms with Gasteiger partial charge in [-0.15, -0.1) is 0 Å². The second-order valence-electron chi connectivity index (χ2n) is 14.7. The molecule has 10 aromatic rings. The van der Waals surface area contributed by atoms with Gasteiger partial charge >= 0.3 is 0 Å².